The van der Waals surface area contributed by atoms with Crippen LogP contribution in [0, 0.1) is 5.92 Å². The first-order valence-electron chi connectivity index (χ1n) is 6.90. The molecule has 1 saturated carbocycles. The number of amides is 3. The molecule has 0 spiro atoms. The molecule has 2 unspecified atom stereocenters. The van der Waals surface area contributed by atoms with Crippen molar-refractivity contribution in [2.75, 3.05) is 13.1 Å². The second-order valence-electron chi connectivity index (χ2n) is 5.69. The Balaban J connectivity index is 1.65. The van der Waals surface area contributed by atoms with Crippen LogP contribution in [0.15, 0.2) is 0 Å². The quantitative estimate of drug-likeness (QED) is 0.788. The number of hydrogen-bond donors (Lipinski definition) is 2. The Morgan fingerprint density at radius 2 is 2.11 bits per heavy atom. The average Bonchev–Trinajstić information content (AvgIpc) is 2.89. The van der Waals surface area contributed by atoms with E-state index in [-0.39, 0.29) is 18.0 Å². The SMILES string of the molecule is CC(C)NC(=O)CCNC(=O)N1CC2CCC1C2. The second kappa shape index (κ2) is 5.59. The molecule has 2 bridgehead atoms. The molecule has 1 saturated heterocycles. The van der Waals surface area contributed by atoms with Crippen LogP contribution >= 0.6 is 0 Å². The first kappa shape index (κ1) is 13.2. The molecule has 3 amide bonds. The lowest BCUT2D eigenvalue weighted by atomic mass is 10.1. The van der Waals surface area contributed by atoms with E-state index in [9.17, 15) is 9.59 Å². The highest BCUT2D eigenvalue weighted by atomic mass is 16.2. The summed E-state index contributed by atoms with van der Waals surface area (Å²) in [5.41, 5.74) is 0. The lowest BCUT2D eigenvalue weighted by molar-refractivity contribution is -0.121. The summed E-state index contributed by atoms with van der Waals surface area (Å²) in [6.07, 6.45) is 3.93. The van der Waals surface area contributed by atoms with Gasteiger partial charge in [0, 0.05) is 31.6 Å². The standard InChI is InChI=1S/C13H23N3O2/c1-9(2)15-12(17)5-6-14-13(18)16-8-10-3-4-11(16)7-10/h9-11H,3-8H2,1-2H3,(H,14,18)(H,15,17). The number of carbonyl (C=O) groups is 2. The van der Waals surface area contributed by atoms with Crippen LogP contribution in [0.1, 0.15) is 39.5 Å². The first-order valence-corrected chi connectivity index (χ1v) is 6.90. The van der Waals surface area contributed by atoms with E-state index in [1.54, 1.807) is 0 Å². The van der Waals surface area contributed by atoms with Crippen LogP contribution in [0.25, 0.3) is 0 Å². The minimum absolute atomic E-state index is 0.000420. The zero-order valence-electron chi connectivity index (χ0n) is 11.2. The van der Waals surface area contributed by atoms with Crippen LogP contribution < -0.4 is 10.6 Å². The molecule has 5 heteroatoms. The van der Waals surface area contributed by atoms with Crippen LogP contribution in [0.4, 0.5) is 4.79 Å². The van der Waals surface area contributed by atoms with Crippen LogP contribution in [-0.2, 0) is 4.79 Å². The third-order valence-corrected chi connectivity index (χ3v) is 3.75. The summed E-state index contributed by atoms with van der Waals surface area (Å²) in [5, 5.41) is 5.65. The topological polar surface area (TPSA) is 61.4 Å². The molecule has 0 aromatic rings. The third-order valence-electron chi connectivity index (χ3n) is 3.75. The monoisotopic (exact) mass is 253 g/mol. The molecule has 2 N–H and O–H groups in total. The number of urea groups is 1. The van der Waals surface area contributed by atoms with E-state index in [0.717, 1.165) is 13.0 Å². The molecule has 1 aliphatic carbocycles. The number of likely N-dealkylation sites (tertiary alicyclic amines) is 1. The lowest BCUT2D eigenvalue weighted by Gasteiger charge is -2.27. The van der Waals surface area contributed by atoms with Crippen LogP contribution in [0.2, 0.25) is 0 Å². The van der Waals surface area contributed by atoms with Gasteiger partial charge in [0.25, 0.3) is 0 Å². The molecule has 5 nitrogen and oxygen atoms in total. The largest absolute Gasteiger partial charge is 0.354 e. The van der Waals surface area contributed by atoms with Gasteiger partial charge in [0.15, 0.2) is 0 Å². The smallest absolute Gasteiger partial charge is 0.317 e. The van der Waals surface area contributed by atoms with Crippen molar-refractivity contribution >= 4 is 11.9 Å². The van der Waals surface area contributed by atoms with E-state index in [4.69, 9.17) is 0 Å². The fraction of sp³-hybridized carbons (Fsp3) is 0.846. The first-order chi connectivity index (χ1) is 8.56. The molecule has 2 atom stereocenters. The Hall–Kier alpha value is -1.26. The molecule has 2 fully saturated rings. The summed E-state index contributed by atoms with van der Waals surface area (Å²) in [6.45, 7) is 5.18. The summed E-state index contributed by atoms with van der Waals surface area (Å²) >= 11 is 0. The van der Waals surface area contributed by atoms with Crippen molar-refractivity contribution in [3.63, 3.8) is 0 Å². The van der Waals surface area contributed by atoms with Crippen molar-refractivity contribution in [2.24, 2.45) is 5.92 Å². The molecule has 1 aliphatic heterocycles. The lowest BCUT2D eigenvalue weighted by Crippen LogP contribution is -2.45. The number of carbonyl (C=O) groups excluding carboxylic acids is 2. The molecule has 1 heterocycles. The minimum atomic E-state index is -0.00626. The zero-order chi connectivity index (χ0) is 13.1. The summed E-state index contributed by atoms with van der Waals surface area (Å²) in [6, 6.07) is 0.599. The Morgan fingerprint density at radius 3 is 2.67 bits per heavy atom. The van der Waals surface area contributed by atoms with E-state index in [2.05, 4.69) is 10.6 Å². The van der Waals surface area contributed by atoms with Crippen LogP contribution in [-0.4, -0.2) is 42.0 Å². The summed E-state index contributed by atoms with van der Waals surface area (Å²) < 4.78 is 0. The normalized spacial score (nSPS) is 25.6. The Labute approximate surface area is 108 Å². The average molecular weight is 253 g/mol. The van der Waals surface area contributed by atoms with Gasteiger partial charge in [0.1, 0.15) is 0 Å². The molecule has 102 valence electrons. The predicted molar refractivity (Wildman–Crippen MR) is 69.1 cm³/mol. The van der Waals surface area contributed by atoms with Crippen molar-refractivity contribution < 1.29 is 9.59 Å². The van der Waals surface area contributed by atoms with Crippen LogP contribution in [0.5, 0.6) is 0 Å². The minimum Gasteiger partial charge on any atom is -0.354 e. The maximum Gasteiger partial charge on any atom is 0.317 e. The van der Waals surface area contributed by atoms with Gasteiger partial charge >= 0.3 is 6.03 Å². The zero-order valence-corrected chi connectivity index (χ0v) is 11.2. The predicted octanol–water partition coefficient (Wildman–Crippen LogP) is 1.09. The molecular formula is C13H23N3O2. The van der Waals surface area contributed by atoms with Gasteiger partial charge in [0.05, 0.1) is 0 Å². The maximum absolute atomic E-state index is 11.9. The second-order valence-corrected chi connectivity index (χ2v) is 5.69. The van der Waals surface area contributed by atoms with E-state index in [1.165, 1.54) is 12.8 Å². The highest BCUT2D eigenvalue weighted by Crippen LogP contribution is 2.37. The summed E-state index contributed by atoms with van der Waals surface area (Å²) in [5.74, 6) is 0.707. The fourth-order valence-electron chi connectivity index (χ4n) is 2.95. The molecule has 2 rings (SSSR count). The highest BCUT2D eigenvalue weighted by Gasteiger charge is 2.40. The summed E-state index contributed by atoms with van der Waals surface area (Å²) in [7, 11) is 0. The van der Waals surface area contributed by atoms with Crippen molar-refractivity contribution in [3.8, 4) is 0 Å². The molecule has 18 heavy (non-hydrogen) atoms. The van der Waals surface area contributed by atoms with E-state index < -0.39 is 0 Å². The third kappa shape index (κ3) is 3.15. The molecular weight excluding hydrogens is 230 g/mol. The number of hydrogen-bond acceptors (Lipinski definition) is 2. The molecule has 0 aromatic heterocycles. The number of nitrogens with one attached hydrogen (secondary N) is 2. The van der Waals surface area contributed by atoms with Gasteiger partial charge in [-0.05, 0) is 39.0 Å². The Kier molecular flexibility index (Phi) is 4.09. The number of nitrogens with zero attached hydrogens (tertiary/aromatic N) is 1. The van der Waals surface area contributed by atoms with Gasteiger partial charge in [-0.2, -0.15) is 0 Å². The number of rotatable bonds is 4. The molecule has 2 aliphatic rings. The van der Waals surface area contributed by atoms with Crippen molar-refractivity contribution in [2.45, 2.75) is 51.6 Å². The Morgan fingerprint density at radius 1 is 1.33 bits per heavy atom. The van der Waals surface area contributed by atoms with Crippen molar-refractivity contribution in [1.29, 1.82) is 0 Å². The maximum atomic E-state index is 11.9. The van der Waals surface area contributed by atoms with Crippen molar-refractivity contribution in [3.05, 3.63) is 0 Å². The van der Waals surface area contributed by atoms with Gasteiger partial charge in [-0.1, -0.05) is 0 Å². The van der Waals surface area contributed by atoms with Gasteiger partial charge in [-0.15, -0.1) is 0 Å². The van der Waals surface area contributed by atoms with Gasteiger partial charge in [-0.3, -0.25) is 4.79 Å². The summed E-state index contributed by atoms with van der Waals surface area (Å²) in [4.78, 5) is 25.3. The van der Waals surface area contributed by atoms with E-state index >= 15 is 0 Å². The van der Waals surface area contributed by atoms with E-state index in [0.29, 0.717) is 24.9 Å². The highest BCUT2D eigenvalue weighted by molar-refractivity contribution is 5.78. The number of piperidine rings is 1. The van der Waals surface area contributed by atoms with Crippen LogP contribution in [0.3, 0.4) is 0 Å². The van der Waals surface area contributed by atoms with Gasteiger partial charge in [-0.25, -0.2) is 4.79 Å². The van der Waals surface area contributed by atoms with Crippen molar-refractivity contribution in [1.82, 2.24) is 15.5 Å². The molecule has 0 radical (unpaired) electrons. The van der Waals surface area contributed by atoms with Gasteiger partial charge in [0.2, 0.25) is 5.91 Å². The fourth-order valence-corrected chi connectivity index (χ4v) is 2.95. The molecule has 0 aromatic carbocycles. The number of fused-ring (bicyclic) bond motifs is 2. The van der Waals surface area contributed by atoms with Gasteiger partial charge < -0.3 is 15.5 Å². The Bertz CT molecular complexity index is 330. The van der Waals surface area contributed by atoms with E-state index in [1.807, 2.05) is 18.7 Å².